The highest BCUT2D eigenvalue weighted by molar-refractivity contribution is 5.42. The fourth-order valence-electron chi connectivity index (χ4n) is 3.50. The zero-order chi connectivity index (χ0) is 10.5. The Bertz CT molecular complexity index is 424. The summed E-state index contributed by atoms with van der Waals surface area (Å²) in [6.07, 6.45) is 8.15. The van der Waals surface area contributed by atoms with Crippen molar-refractivity contribution in [2.24, 2.45) is 0 Å². The second-order valence-electron chi connectivity index (χ2n) is 5.22. The summed E-state index contributed by atoms with van der Waals surface area (Å²) >= 11 is 0. The lowest BCUT2D eigenvalue weighted by atomic mass is 9.64. The average molecular weight is 202 g/mol. The molecule has 1 aromatic heterocycles. The first kappa shape index (κ1) is 9.26. The zero-order valence-electron chi connectivity index (χ0n) is 9.60. The molecule has 0 bridgehead atoms. The maximum Gasteiger partial charge on any atom is 0.116 e. The third-order valence-electron chi connectivity index (χ3n) is 4.30. The van der Waals surface area contributed by atoms with Gasteiger partial charge in [-0.05, 0) is 57.6 Å². The summed E-state index contributed by atoms with van der Waals surface area (Å²) in [6, 6.07) is 2.15. The molecule has 0 aromatic carbocycles. The van der Waals surface area contributed by atoms with E-state index in [9.17, 15) is 0 Å². The van der Waals surface area contributed by atoms with Crippen molar-refractivity contribution in [3.63, 3.8) is 0 Å². The Hall–Kier alpha value is -0.980. The van der Waals surface area contributed by atoms with Crippen LogP contribution in [0.4, 0.5) is 0 Å². The highest BCUT2D eigenvalue weighted by Crippen LogP contribution is 2.49. The fraction of sp³-hybridized carbons (Fsp3) is 0.571. The first-order valence-corrected chi connectivity index (χ1v) is 5.98. The van der Waals surface area contributed by atoms with Gasteiger partial charge >= 0.3 is 0 Å². The molecule has 1 aromatic rings. The summed E-state index contributed by atoms with van der Waals surface area (Å²) in [4.78, 5) is 0. The minimum atomic E-state index is 0.222. The number of aryl methyl sites for hydroxylation is 1. The molecule has 0 amide bonds. The van der Waals surface area contributed by atoms with E-state index < -0.39 is 0 Å². The Morgan fingerprint density at radius 2 is 2.13 bits per heavy atom. The predicted molar refractivity (Wildman–Crippen MR) is 60.9 cm³/mol. The van der Waals surface area contributed by atoms with Gasteiger partial charge in [0.05, 0.1) is 6.26 Å². The first-order chi connectivity index (χ1) is 7.22. The van der Waals surface area contributed by atoms with E-state index in [-0.39, 0.29) is 5.41 Å². The van der Waals surface area contributed by atoms with Gasteiger partial charge in [0.15, 0.2) is 0 Å². The summed E-state index contributed by atoms with van der Waals surface area (Å²) < 4.78 is 5.74. The van der Waals surface area contributed by atoms with Gasteiger partial charge in [-0.2, -0.15) is 0 Å². The SMILES string of the molecule is CC1=C2CCc3ccoc3C2(C)CCC1. The van der Waals surface area contributed by atoms with Crippen LogP contribution in [0, 0.1) is 0 Å². The van der Waals surface area contributed by atoms with Crippen LogP contribution in [0.15, 0.2) is 27.9 Å². The van der Waals surface area contributed by atoms with E-state index in [1.165, 1.54) is 43.4 Å². The quantitative estimate of drug-likeness (QED) is 0.580. The van der Waals surface area contributed by atoms with Gasteiger partial charge in [0.25, 0.3) is 0 Å². The van der Waals surface area contributed by atoms with E-state index in [4.69, 9.17) is 4.42 Å². The van der Waals surface area contributed by atoms with E-state index in [0.29, 0.717) is 0 Å². The van der Waals surface area contributed by atoms with Crippen molar-refractivity contribution < 1.29 is 4.42 Å². The molecule has 0 saturated heterocycles. The molecule has 15 heavy (non-hydrogen) atoms. The van der Waals surface area contributed by atoms with Crippen LogP contribution in [0.3, 0.4) is 0 Å². The fourth-order valence-corrected chi connectivity index (χ4v) is 3.50. The van der Waals surface area contributed by atoms with Crippen LogP contribution < -0.4 is 0 Å². The van der Waals surface area contributed by atoms with Gasteiger partial charge in [-0.1, -0.05) is 11.1 Å². The van der Waals surface area contributed by atoms with Gasteiger partial charge in [-0.3, -0.25) is 0 Å². The van der Waals surface area contributed by atoms with Crippen molar-refractivity contribution in [2.45, 2.75) is 51.4 Å². The number of furan rings is 1. The topological polar surface area (TPSA) is 13.1 Å². The molecule has 0 radical (unpaired) electrons. The molecule has 0 N–H and O–H groups in total. The largest absolute Gasteiger partial charge is 0.468 e. The summed E-state index contributed by atoms with van der Waals surface area (Å²) in [5.74, 6) is 1.25. The molecule has 0 saturated carbocycles. The number of hydrogen-bond donors (Lipinski definition) is 0. The van der Waals surface area contributed by atoms with Gasteiger partial charge in [0.1, 0.15) is 5.76 Å². The second kappa shape index (κ2) is 3.01. The summed E-state index contributed by atoms with van der Waals surface area (Å²) in [6.45, 7) is 4.67. The van der Waals surface area contributed by atoms with Gasteiger partial charge in [-0.15, -0.1) is 0 Å². The normalized spacial score (nSPS) is 30.0. The number of rotatable bonds is 0. The lowest BCUT2D eigenvalue weighted by molar-refractivity contribution is 0.334. The van der Waals surface area contributed by atoms with Crippen molar-refractivity contribution in [3.05, 3.63) is 34.8 Å². The molecule has 1 heterocycles. The summed E-state index contributed by atoms with van der Waals surface area (Å²) in [5, 5.41) is 0. The van der Waals surface area contributed by atoms with Crippen LogP contribution in [0.25, 0.3) is 0 Å². The number of fused-ring (bicyclic) bond motifs is 3. The molecule has 1 atom stereocenters. The van der Waals surface area contributed by atoms with Crippen LogP contribution in [0.5, 0.6) is 0 Å². The number of allylic oxidation sites excluding steroid dienone is 2. The minimum absolute atomic E-state index is 0.222. The molecule has 0 aliphatic heterocycles. The maximum absolute atomic E-state index is 5.74. The monoisotopic (exact) mass is 202 g/mol. The van der Waals surface area contributed by atoms with E-state index >= 15 is 0 Å². The highest BCUT2D eigenvalue weighted by atomic mass is 16.3. The van der Waals surface area contributed by atoms with Crippen molar-refractivity contribution >= 4 is 0 Å². The van der Waals surface area contributed by atoms with Crippen molar-refractivity contribution in [3.8, 4) is 0 Å². The molecule has 2 aliphatic carbocycles. The van der Waals surface area contributed by atoms with Gasteiger partial charge in [0.2, 0.25) is 0 Å². The van der Waals surface area contributed by atoms with Gasteiger partial charge in [0, 0.05) is 5.41 Å². The Balaban J connectivity index is 2.20. The Labute approximate surface area is 91.2 Å². The summed E-state index contributed by atoms with van der Waals surface area (Å²) in [5.41, 5.74) is 4.94. The van der Waals surface area contributed by atoms with E-state index in [0.717, 1.165) is 0 Å². The molecule has 1 heteroatoms. The minimum Gasteiger partial charge on any atom is -0.468 e. The Morgan fingerprint density at radius 3 is 3.00 bits per heavy atom. The molecule has 2 aliphatic rings. The zero-order valence-corrected chi connectivity index (χ0v) is 9.60. The van der Waals surface area contributed by atoms with Gasteiger partial charge in [-0.25, -0.2) is 0 Å². The van der Waals surface area contributed by atoms with Crippen LogP contribution >= 0.6 is 0 Å². The first-order valence-electron chi connectivity index (χ1n) is 5.98. The van der Waals surface area contributed by atoms with E-state index in [2.05, 4.69) is 19.9 Å². The molecule has 80 valence electrons. The van der Waals surface area contributed by atoms with E-state index in [1.54, 1.807) is 11.1 Å². The smallest absolute Gasteiger partial charge is 0.116 e. The maximum atomic E-state index is 5.74. The second-order valence-corrected chi connectivity index (χ2v) is 5.22. The molecular weight excluding hydrogens is 184 g/mol. The lowest BCUT2D eigenvalue weighted by Crippen LogP contribution is -2.32. The standard InChI is InChI=1S/C14H18O/c1-10-4-3-8-14(2)12(10)6-5-11-7-9-15-13(11)14/h7,9H,3-6,8H2,1-2H3. The van der Waals surface area contributed by atoms with E-state index in [1.807, 2.05) is 6.26 Å². The Kier molecular flexibility index (Phi) is 1.86. The van der Waals surface area contributed by atoms with Crippen molar-refractivity contribution in [2.75, 3.05) is 0 Å². The molecular formula is C14H18O. The lowest BCUT2D eigenvalue weighted by Gasteiger charge is -2.40. The Morgan fingerprint density at radius 1 is 1.27 bits per heavy atom. The summed E-state index contributed by atoms with van der Waals surface area (Å²) in [7, 11) is 0. The molecule has 0 spiro atoms. The van der Waals surface area contributed by atoms with Crippen molar-refractivity contribution in [1.82, 2.24) is 0 Å². The third-order valence-corrected chi connectivity index (χ3v) is 4.30. The molecule has 1 unspecified atom stereocenters. The molecule has 0 fully saturated rings. The predicted octanol–water partition coefficient (Wildman–Crippen LogP) is 3.98. The highest BCUT2D eigenvalue weighted by Gasteiger charge is 2.41. The van der Waals surface area contributed by atoms with Crippen LogP contribution in [-0.4, -0.2) is 0 Å². The number of hydrogen-bond acceptors (Lipinski definition) is 1. The van der Waals surface area contributed by atoms with Crippen LogP contribution in [-0.2, 0) is 11.8 Å². The molecule has 3 rings (SSSR count). The van der Waals surface area contributed by atoms with Crippen LogP contribution in [0.2, 0.25) is 0 Å². The van der Waals surface area contributed by atoms with Crippen molar-refractivity contribution in [1.29, 1.82) is 0 Å². The average Bonchev–Trinajstić information content (AvgIpc) is 2.66. The van der Waals surface area contributed by atoms with Gasteiger partial charge < -0.3 is 4.42 Å². The molecule has 1 nitrogen and oxygen atoms in total. The van der Waals surface area contributed by atoms with Crippen LogP contribution in [0.1, 0.15) is 50.9 Å². The third kappa shape index (κ3) is 1.15.